The first-order chi connectivity index (χ1) is 10.4. The highest BCUT2D eigenvalue weighted by atomic mass is 15.2. The minimum atomic E-state index is 0. The van der Waals surface area contributed by atoms with Crippen molar-refractivity contribution in [2.24, 2.45) is 0 Å². The third-order valence-corrected chi connectivity index (χ3v) is 3.14. The largest absolute Gasteiger partial charge is 0.670 e. The summed E-state index contributed by atoms with van der Waals surface area (Å²) in [5, 5.41) is 0. The van der Waals surface area contributed by atoms with E-state index in [2.05, 4.69) is 55.6 Å². The van der Waals surface area contributed by atoms with Gasteiger partial charge in [-0.05, 0) is 73.6 Å². The van der Waals surface area contributed by atoms with E-state index in [1.807, 2.05) is 48.5 Å². The van der Waals surface area contributed by atoms with Crippen molar-refractivity contribution in [3.8, 4) is 0 Å². The smallest absolute Gasteiger partial charge is 0.516 e. The summed E-state index contributed by atoms with van der Waals surface area (Å²) in [6.45, 7) is 0. The molecule has 0 fully saturated rings. The molecule has 0 amide bonds. The second kappa shape index (κ2) is 7.74. The van der Waals surface area contributed by atoms with Crippen molar-refractivity contribution >= 4 is 7.12 Å². The van der Waals surface area contributed by atoms with E-state index in [9.17, 15) is 0 Å². The summed E-state index contributed by atoms with van der Waals surface area (Å²) in [7, 11) is 0.139. The van der Waals surface area contributed by atoms with Crippen LogP contribution in [0, 0.1) is 7.43 Å². The zero-order valence-corrected chi connectivity index (χ0v) is 12.6. The van der Waals surface area contributed by atoms with Crippen LogP contribution in [0.5, 0.6) is 0 Å². The quantitative estimate of drug-likeness (QED) is 0.421. The van der Waals surface area contributed by atoms with Gasteiger partial charge < -0.3 is 18.4 Å². The van der Waals surface area contributed by atoms with E-state index in [0.29, 0.717) is 0 Å². The van der Waals surface area contributed by atoms with Crippen LogP contribution in [-0.4, -0.2) is 20.6 Å². The lowest BCUT2D eigenvalue weighted by Crippen LogP contribution is -2.39. The molecule has 110 valence electrons. The van der Waals surface area contributed by atoms with Gasteiger partial charge in [-0.3, -0.25) is 0 Å². The molecule has 5 heteroatoms. The van der Waals surface area contributed by atoms with Crippen molar-refractivity contribution in [3.05, 3.63) is 106 Å². The van der Waals surface area contributed by atoms with Crippen LogP contribution in [0.1, 0.15) is 0 Å². The third-order valence-electron chi connectivity index (χ3n) is 3.14. The SMILES string of the molecule is [CH3+].c1cc[n-]c1.c1ccn(B(n2cccc2)n2cccc2)c1. The maximum atomic E-state index is 3.72. The Hall–Kier alpha value is -2.95. The first kappa shape index (κ1) is 15.4. The predicted molar refractivity (Wildman–Crippen MR) is 91.4 cm³/mol. The van der Waals surface area contributed by atoms with Crippen LogP contribution in [0.2, 0.25) is 0 Å². The number of nitrogens with zero attached hydrogens (tertiary/aromatic N) is 4. The molecule has 4 heterocycles. The highest BCUT2D eigenvalue weighted by Gasteiger charge is 2.20. The van der Waals surface area contributed by atoms with Gasteiger partial charge in [0.2, 0.25) is 0 Å². The first-order valence-corrected chi connectivity index (χ1v) is 6.84. The molecular weight excluding hydrogens is 271 g/mol. The Bertz CT molecular complexity index is 596. The Balaban J connectivity index is 0.000000253. The summed E-state index contributed by atoms with van der Waals surface area (Å²) in [5.41, 5.74) is 0. The van der Waals surface area contributed by atoms with Crippen LogP contribution in [-0.2, 0) is 0 Å². The lowest BCUT2D eigenvalue weighted by Gasteiger charge is -2.16. The average Bonchev–Trinajstić information content (AvgIpc) is 3.32. The fourth-order valence-corrected chi connectivity index (χ4v) is 2.22. The van der Waals surface area contributed by atoms with E-state index in [0.717, 1.165) is 0 Å². The standard InChI is InChI=1S/C12H12BN3.C4H4N.CH3/c1-2-8-14(7-1)13(15-9-3-4-10-15)16-11-5-6-12-16;1-2-4-5-3-1;/h1-12H;1-4H;1H3/q;-1;+1. The molecular formula is C17H19BN4. The fourth-order valence-electron chi connectivity index (χ4n) is 2.22. The van der Waals surface area contributed by atoms with E-state index in [1.165, 1.54) is 0 Å². The molecule has 0 atom stereocenters. The van der Waals surface area contributed by atoms with Crippen molar-refractivity contribution in [3.63, 3.8) is 0 Å². The average molecular weight is 290 g/mol. The molecule has 4 aromatic rings. The second-order valence-electron chi connectivity index (χ2n) is 4.57. The van der Waals surface area contributed by atoms with E-state index in [1.54, 1.807) is 12.4 Å². The van der Waals surface area contributed by atoms with Crippen molar-refractivity contribution in [1.82, 2.24) is 18.4 Å². The molecule has 0 unspecified atom stereocenters. The second-order valence-corrected chi connectivity index (χ2v) is 4.57. The van der Waals surface area contributed by atoms with Gasteiger partial charge >= 0.3 is 7.12 Å². The molecule has 0 aliphatic rings. The van der Waals surface area contributed by atoms with Gasteiger partial charge in [0.05, 0.1) is 0 Å². The van der Waals surface area contributed by atoms with E-state index in [4.69, 9.17) is 0 Å². The van der Waals surface area contributed by atoms with Crippen molar-refractivity contribution in [1.29, 1.82) is 0 Å². The Labute approximate surface area is 131 Å². The monoisotopic (exact) mass is 290 g/mol. The van der Waals surface area contributed by atoms with Crippen LogP contribution in [0.25, 0.3) is 0 Å². The molecule has 22 heavy (non-hydrogen) atoms. The van der Waals surface area contributed by atoms with Crippen LogP contribution < -0.4 is 4.98 Å². The van der Waals surface area contributed by atoms with Gasteiger partial charge in [0, 0.05) is 7.43 Å². The number of hydrogen-bond donors (Lipinski definition) is 0. The number of rotatable bonds is 3. The fraction of sp³-hybridized carbons (Fsp3) is 0. The lowest BCUT2D eigenvalue weighted by atomic mass is 9.92. The van der Waals surface area contributed by atoms with Gasteiger partial charge in [0.25, 0.3) is 0 Å². The van der Waals surface area contributed by atoms with Crippen LogP contribution in [0.15, 0.2) is 98.1 Å². The highest BCUT2D eigenvalue weighted by Crippen LogP contribution is 2.03. The molecule has 0 N–H and O–H groups in total. The summed E-state index contributed by atoms with van der Waals surface area (Å²) in [6, 6.07) is 16.0. The molecule has 0 spiro atoms. The minimum absolute atomic E-state index is 0. The maximum absolute atomic E-state index is 3.72. The Kier molecular flexibility index (Phi) is 5.43. The van der Waals surface area contributed by atoms with Crippen LogP contribution >= 0.6 is 0 Å². The van der Waals surface area contributed by atoms with E-state index < -0.39 is 0 Å². The zero-order chi connectivity index (χ0) is 14.3. The van der Waals surface area contributed by atoms with Crippen LogP contribution in [0.4, 0.5) is 0 Å². The molecule has 4 aromatic heterocycles. The van der Waals surface area contributed by atoms with Crippen LogP contribution in [0.3, 0.4) is 0 Å². The maximum Gasteiger partial charge on any atom is 0.516 e. The Morgan fingerprint density at radius 3 is 1.05 bits per heavy atom. The van der Waals surface area contributed by atoms with Gasteiger partial charge in [-0.1, -0.05) is 12.1 Å². The summed E-state index contributed by atoms with van der Waals surface area (Å²) in [4.78, 5) is 3.72. The molecule has 0 saturated heterocycles. The van der Waals surface area contributed by atoms with Crippen molar-refractivity contribution in [2.75, 3.05) is 0 Å². The highest BCUT2D eigenvalue weighted by molar-refractivity contribution is 6.53. The molecule has 0 aliphatic carbocycles. The van der Waals surface area contributed by atoms with Gasteiger partial charge in [-0.15, -0.1) is 0 Å². The minimum Gasteiger partial charge on any atom is -0.670 e. The Morgan fingerprint density at radius 2 is 0.818 bits per heavy atom. The summed E-state index contributed by atoms with van der Waals surface area (Å²) in [5.74, 6) is 0. The first-order valence-electron chi connectivity index (χ1n) is 6.84. The van der Waals surface area contributed by atoms with Gasteiger partial charge in [-0.2, -0.15) is 12.4 Å². The van der Waals surface area contributed by atoms with Gasteiger partial charge in [0.1, 0.15) is 0 Å². The molecule has 0 aromatic carbocycles. The van der Waals surface area contributed by atoms with E-state index >= 15 is 0 Å². The summed E-state index contributed by atoms with van der Waals surface area (Å²) in [6.07, 6.45) is 15.9. The molecule has 4 rings (SSSR count). The van der Waals surface area contributed by atoms with E-state index in [-0.39, 0.29) is 14.5 Å². The number of aromatic nitrogens is 4. The summed E-state index contributed by atoms with van der Waals surface area (Å²) >= 11 is 0. The topological polar surface area (TPSA) is 28.9 Å². The van der Waals surface area contributed by atoms with Gasteiger partial charge in [0.15, 0.2) is 0 Å². The predicted octanol–water partition coefficient (Wildman–Crippen LogP) is 3.11. The van der Waals surface area contributed by atoms with Crippen molar-refractivity contribution in [2.45, 2.75) is 0 Å². The van der Waals surface area contributed by atoms with Crippen molar-refractivity contribution < 1.29 is 0 Å². The third kappa shape index (κ3) is 3.58. The molecule has 0 saturated carbocycles. The normalized spacial score (nSPS) is 9.45. The molecule has 0 bridgehead atoms. The molecule has 0 aliphatic heterocycles. The van der Waals surface area contributed by atoms with Gasteiger partial charge in [-0.25, -0.2) is 0 Å². The molecule has 0 radical (unpaired) electrons. The molecule has 4 nitrogen and oxygen atoms in total. The Morgan fingerprint density at radius 1 is 0.500 bits per heavy atom. The summed E-state index contributed by atoms with van der Waals surface area (Å²) < 4.78 is 6.50. The zero-order valence-electron chi connectivity index (χ0n) is 12.6. The lowest BCUT2D eigenvalue weighted by molar-refractivity contribution is 0.965. The number of hydrogen-bond acceptors (Lipinski definition) is 0.